The molecule has 1 saturated carbocycles. The highest BCUT2D eigenvalue weighted by atomic mass is 16.3. The Morgan fingerprint density at radius 3 is 2.92 bits per heavy atom. The van der Waals surface area contributed by atoms with Crippen LogP contribution < -0.4 is 0 Å². The average Bonchev–Trinajstić information content (AvgIpc) is 2.30. The molecule has 0 bridgehead atoms. The molecule has 2 heteroatoms. The van der Waals surface area contributed by atoms with Crippen molar-refractivity contribution in [1.29, 1.82) is 0 Å². The summed E-state index contributed by atoms with van der Waals surface area (Å²) in [6.45, 7) is 5.47. The topological polar surface area (TPSA) is 37.3 Å². The van der Waals surface area contributed by atoms with Crippen molar-refractivity contribution in [3.63, 3.8) is 0 Å². The molecule has 0 saturated heterocycles. The molecular formula is C10H16O2. The van der Waals surface area contributed by atoms with Gasteiger partial charge in [-0.25, -0.2) is 0 Å². The first-order valence-electron chi connectivity index (χ1n) is 4.43. The lowest BCUT2D eigenvalue weighted by molar-refractivity contribution is -0.128. The summed E-state index contributed by atoms with van der Waals surface area (Å²) in [4.78, 5) is 11.4. The van der Waals surface area contributed by atoms with Crippen molar-refractivity contribution in [1.82, 2.24) is 0 Å². The Balaban J connectivity index is 2.65. The van der Waals surface area contributed by atoms with E-state index in [1.54, 1.807) is 6.08 Å². The van der Waals surface area contributed by atoms with Gasteiger partial charge >= 0.3 is 0 Å². The molecule has 0 radical (unpaired) electrons. The molecule has 1 aliphatic rings. The highest BCUT2D eigenvalue weighted by molar-refractivity contribution is 5.87. The molecule has 12 heavy (non-hydrogen) atoms. The Morgan fingerprint density at radius 1 is 1.83 bits per heavy atom. The number of aliphatic hydroxyl groups excluding tert-OH is 1. The normalized spacial score (nSPS) is 35.5. The standard InChI is InChI=1S/C10H16O2/c1-3-4-7-10(2)8(11)5-6-9(10)12/h3,8,11H,1,4-7H2,2H3/t8-,10+/m1/s1. The second-order valence-electron chi connectivity index (χ2n) is 3.72. The number of hydrogen-bond acceptors (Lipinski definition) is 2. The molecule has 0 unspecified atom stereocenters. The summed E-state index contributed by atoms with van der Waals surface area (Å²) in [7, 11) is 0. The van der Waals surface area contributed by atoms with E-state index in [4.69, 9.17) is 0 Å². The Hall–Kier alpha value is -0.630. The van der Waals surface area contributed by atoms with E-state index in [9.17, 15) is 9.90 Å². The van der Waals surface area contributed by atoms with Crippen molar-refractivity contribution in [2.45, 2.75) is 38.7 Å². The van der Waals surface area contributed by atoms with Gasteiger partial charge in [0.25, 0.3) is 0 Å². The van der Waals surface area contributed by atoms with E-state index < -0.39 is 11.5 Å². The number of Topliss-reactive ketones (excluding diaryl/α,β-unsaturated/α-hetero) is 1. The molecule has 1 fully saturated rings. The number of carbonyl (C=O) groups is 1. The van der Waals surface area contributed by atoms with Gasteiger partial charge < -0.3 is 5.11 Å². The van der Waals surface area contributed by atoms with Crippen LogP contribution >= 0.6 is 0 Å². The molecule has 0 heterocycles. The number of hydrogen-bond donors (Lipinski definition) is 1. The van der Waals surface area contributed by atoms with E-state index in [0.717, 1.165) is 12.8 Å². The van der Waals surface area contributed by atoms with Crippen molar-refractivity contribution in [3.05, 3.63) is 12.7 Å². The first kappa shape index (κ1) is 9.46. The predicted octanol–water partition coefficient (Wildman–Crippen LogP) is 1.68. The summed E-state index contributed by atoms with van der Waals surface area (Å²) < 4.78 is 0. The molecule has 0 aromatic carbocycles. The largest absolute Gasteiger partial charge is 0.392 e. The Labute approximate surface area is 73.3 Å². The van der Waals surface area contributed by atoms with Gasteiger partial charge in [0.2, 0.25) is 0 Å². The van der Waals surface area contributed by atoms with E-state index in [1.165, 1.54) is 0 Å². The zero-order valence-corrected chi connectivity index (χ0v) is 7.55. The quantitative estimate of drug-likeness (QED) is 0.651. The maximum absolute atomic E-state index is 11.4. The monoisotopic (exact) mass is 168 g/mol. The van der Waals surface area contributed by atoms with Crippen LogP contribution in [0.2, 0.25) is 0 Å². The Morgan fingerprint density at radius 2 is 2.50 bits per heavy atom. The highest BCUT2D eigenvalue weighted by Gasteiger charge is 2.44. The fourth-order valence-electron chi connectivity index (χ4n) is 1.77. The first-order valence-corrected chi connectivity index (χ1v) is 4.43. The van der Waals surface area contributed by atoms with Crippen LogP contribution in [-0.4, -0.2) is 17.0 Å². The van der Waals surface area contributed by atoms with Crippen molar-refractivity contribution in [3.8, 4) is 0 Å². The van der Waals surface area contributed by atoms with Crippen molar-refractivity contribution in [2.24, 2.45) is 5.41 Å². The van der Waals surface area contributed by atoms with Gasteiger partial charge in [-0.05, 0) is 19.3 Å². The number of ketones is 1. The summed E-state index contributed by atoms with van der Waals surface area (Å²) in [6, 6.07) is 0. The maximum atomic E-state index is 11.4. The van der Waals surface area contributed by atoms with Gasteiger partial charge in [-0.2, -0.15) is 0 Å². The molecule has 2 atom stereocenters. The third kappa shape index (κ3) is 1.44. The van der Waals surface area contributed by atoms with Gasteiger partial charge in [0.05, 0.1) is 11.5 Å². The maximum Gasteiger partial charge on any atom is 0.141 e. The van der Waals surface area contributed by atoms with Crippen LogP contribution in [0, 0.1) is 5.41 Å². The molecule has 0 amide bonds. The molecule has 2 nitrogen and oxygen atoms in total. The summed E-state index contributed by atoms with van der Waals surface area (Å²) in [6.07, 6.45) is 4.06. The summed E-state index contributed by atoms with van der Waals surface area (Å²) in [5.74, 6) is 0.205. The van der Waals surface area contributed by atoms with E-state index >= 15 is 0 Å². The van der Waals surface area contributed by atoms with E-state index in [1.807, 2.05) is 6.92 Å². The molecule has 1 N–H and O–H groups in total. The minimum atomic E-state index is -0.492. The van der Waals surface area contributed by atoms with Crippen molar-refractivity contribution in [2.75, 3.05) is 0 Å². The number of rotatable bonds is 3. The highest BCUT2D eigenvalue weighted by Crippen LogP contribution is 2.38. The van der Waals surface area contributed by atoms with Gasteiger partial charge in [0.15, 0.2) is 0 Å². The van der Waals surface area contributed by atoms with Crippen LogP contribution in [0.3, 0.4) is 0 Å². The third-order valence-electron chi connectivity index (χ3n) is 2.89. The second kappa shape index (κ2) is 3.40. The average molecular weight is 168 g/mol. The fourth-order valence-corrected chi connectivity index (χ4v) is 1.77. The lowest BCUT2D eigenvalue weighted by atomic mass is 9.81. The van der Waals surface area contributed by atoms with Crippen LogP contribution in [0.15, 0.2) is 12.7 Å². The molecule has 1 aliphatic carbocycles. The SMILES string of the molecule is C=CCC[C@]1(C)C(=O)CC[C@H]1O. The van der Waals surface area contributed by atoms with Gasteiger partial charge in [0, 0.05) is 6.42 Å². The fraction of sp³-hybridized carbons (Fsp3) is 0.700. The van der Waals surface area contributed by atoms with Gasteiger partial charge in [-0.15, -0.1) is 6.58 Å². The lowest BCUT2D eigenvalue weighted by Gasteiger charge is -2.25. The number of aliphatic hydroxyl groups is 1. The minimum absolute atomic E-state index is 0.205. The summed E-state index contributed by atoms with van der Waals surface area (Å²) in [5.41, 5.74) is -0.492. The Bertz CT molecular complexity index is 198. The van der Waals surface area contributed by atoms with Gasteiger partial charge in [0.1, 0.15) is 5.78 Å². The van der Waals surface area contributed by atoms with Crippen molar-refractivity contribution < 1.29 is 9.90 Å². The number of allylic oxidation sites excluding steroid dienone is 1. The minimum Gasteiger partial charge on any atom is -0.392 e. The molecular weight excluding hydrogens is 152 g/mol. The zero-order valence-electron chi connectivity index (χ0n) is 7.55. The van der Waals surface area contributed by atoms with Gasteiger partial charge in [-0.1, -0.05) is 13.0 Å². The predicted molar refractivity (Wildman–Crippen MR) is 47.8 cm³/mol. The number of carbonyl (C=O) groups excluding carboxylic acids is 1. The molecule has 1 rings (SSSR count). The summed E-state index contributed by atoms with van der Waals surface area (Å²) in [5, 5.41) is 9.59. The van der Waals surface area contributed by atoms with Crippen LogP contribution in [-0.2, 0) is 4.79 Å². The van der Waals surface area contributed by atoms with Crippen LogP contribution in [0.4, 0.5) is 0 Å². The van der Waals surface area contributed by atoms with E-state index in [-0.39, 0.29) is 5.78 Å². The molecule has 68 valence electrons. The molecule has 0 aromatic rings. The Kier molecular flexibility index (Phi) is 2.68. The van der Waals surface area contributed by atoms with E-state index in [2.05, 4.69) is 6.58 Å². The lowest BCUT2D eigenvalue weighted by Crippen LogP contribution is -2.32. The smallest absolute Gasteiger partial charge is 0.141 e. The van der Waals surface area contributed by atoms with Gasteiger partial charge in [-0.3, -0.25) is 4.79 Å². The molecule has 0 aliphatic heterocycles. The van der Waals surface area contributed by atoms with Crippen molar-refractivity contribution >= 4 is 5.78 Å². The van der Waals surface area contributed by atoms with E-state index in [0.29, 0.717) is 12.8 Å². The molecule has 0 spiro atoms. The zero-order chi connectivity index (χ0) is 9.19. The van der Waals surface area contributed by atoms with Crippen LogP contribution in [0.5, 0.6) is 0 Å². The first-order chi connectivity index (χ1) is 5.61. The second-order valence-corrected chi connectivity index (χ2v) is 3.72. The van der Waals surface area contributed by atoms with Crippen LogP contribution in [0.1, 0.15) is 32.6 Å². The molecule has 0 aromatic heterocycles. The summed E-state index contributed by atoms with van der Waals surface area (Å²) >= 11 is 0. The van der Waals surface area contributed by atoms with Crippen LogP contribution in [0.25, 0.3) is 0 Å². The third-order valence-corrected chi connectivity index (χ3v) is 2.89.